The van der Waals surface area contributed by atoms with Crippen molar-refractivity contribution in [1.29, 1.82) is 5.26 Å². The third-order valence-electron chi connectivity index (χ3n) is 2.41. The number of nitriles is 1. The number of fused-ring (bicyclic) bond motifs is 1. The monoisotopic (exact) mass is 225 g/mol. The van der Waals surface area contributed by atoms with Crippen molar-refractivity contribution in [2.24, 2.45) is 0 Å². The number of hydrogen-bond donors (Lipinski definition) is 0. The summed E-state index contributed by atoms with van der Waals surface area (Å²) in [6.07, 6.45) is 3.83. The Morgan fingerprint density at radius 1 is 1.38 bits per heavy atom. The van der Waals surface area contributed by atoms with E-state index < -0.39 is 0 Å². The second-order valence-electron chi connectivity index (χ2n) is 3.39. The van der Waals surface area contributed by atoms with E-state index in [2.05, 4.69) is 11.1 Å². The van der Waals surface area contributed by atoms with Gasteiger partial charge in [0.1, 0.15) is 10.7 Å². The van der Waals surface area contributed by atoms with Crippen LogP contribution in [0.3, 0.4) is 0 Å². The van der Waals surface area contributed by atoms with E-state index in [1.165, 1.54) is 0 Å². The summed E-state index contributed by atoms with van der Waals surface area (Å²) in [7, 11) is 0. The van der Waals surface area contributed by atoms with Gasteiger partial charge in [0.2, 0.25) is 0 Å². The van der Waals surface area contributed by atoms with E-state index in [-0.39, 0.29) is 0 Å². The first-order valence-electron chi connectivity index (χ1n) is 4.79. The molecule has 0 aliphatic carbocycles. The average molecular weight is 225 g/mol. The molecule has 3 nitrogen and oxygen atoms in total. The smallest absolute Gasteiger partial charge is 0.145 e. The fourth-order valence-corrected chi connectivity index (χ4v) is 2.38. The summed E-state index contributed by atoms with van der Waals surface area (Å²) in [5.41, 5.74) is 1.63. The van der Waals surface area contributed by atoms with Gasteiger partial charge in [-0.25, -0.2) is 4.98 Å². The predicted molar refractivity (Wildman–Crippen MR) is 63.2 cm³/mol. The zero-order valence-corrected chi connectivity index (χ0v) is 9.11. The molecule has 0 N–H and O–H groups in total. The van der Waals surface area contributed by atoms with Crippen molar-refractivity contribution in [3.05, 3.63) is 47.6 Å². The fourth-order valence-electron chi connectivity index (χ4n) is 1.68. The maximum Gasteiger partial charge on any atom is 0.145 e. The number of hydrogen-bond acceptors (Lipinski definition) is 3. The van der Waals surface area contributed by atoms with Gasteiger partial charge < -0.3 is 0 Å². The van der Waals surface area contributed by atoms with Gasteiger partial charge in [0.05, 0.1) is 17.8 Å². The van der Waals surface area contributed by atoms with Crippen LogP contribution in [-0.4, -0.2) is 9.38 Å². The second kappa shape index (κ2) is 3.47. The first-order valence-corrected chi connectivity index (χ1v) is 5.67. The van der Waals surface area contributed by atoms with Gasteiger partial charge in [-0.1, -0.05) is 12.1 Å². The standard InChI is InChI=1S/C12H7N3S/c13-7-9-2-1-3-10(6-9)12-14-8-11-15(12)4-5-16-11/h1-6,8H. The number of benzene rings is 1. The summed E-state index contributed by atoms with van der Waals surface area (Å²) >= 11 is 1.65. The van der Waals surface area contributed by atoms with Crippen molar-refractivity contribution in [3.63, 3.8) is 0 Å². The molecule has 76 valence electrons. The summed E-state index contributed by atoms with van der Waals surface area (Å²) < 4.78 is 2.03. The third kappa shape index (κ3) is 1.30. The van der Waals surface area contributed by atoms with Crippen LogP contribution in [0, 0.1) is 11.3 Å². The van der Waals surface area contributed by atoms with Crippen LogP contribution in [0.25, 0.3) is 16.2 Å². The van der Waals surface area contributed by atoms with Gasteiger partial charge in [0.25, 0.3) is 0 Å². The Morgan fingerprint density at radius 2 is 2.31 bits per heavy atom. The summed E-state index contributed by atoms with van der Waals surface area (Å²) in [6, 6.07) is 9.63. The minimum absolute atomic E-state index is 0.657. The Morgan fingerprint density at radius 3 is 3.19 bits per heavy atom. The molecule has 2 aromatic heterocycles. The minimum atomic E-state index is 0.657. The van der Waals surface area contributed by atoms with Crippen LogP contribution >= 0.6 is 11.3 Å². The number of aromatic nitrogens is 2. The predicted octanol–water partition coefficient (Wildman–Crippen LogP) is 2.93. The van der Waals surface area contributed by atoms with Crippen LogP contribution in [0.15, 0.2) is 42.0 Å². The molecular formula is C12H7N3S. The summed E-state index contributed by atoms with van der Waals surface area (Å²) in [6.45, 7) is 0. The van der Waals surface area contributed by atoms with Crippen LogP contribution in [0.2, 0.25) is 0 Å². The Hall–Kier alpha value is -2.12. The van der Waals surface area contributed by atoms with Crippen LogP contribution in [-0.2, 0) is 0 Å². The van der Waals surface area contributed by atoms with Crippen LogP contribution in [0.4, 0.5) is 0 Å². The Bertz CT molecular complexity index is 687. The molecule has 0 aliphatic rings. The normalized spacial score (nSPS) is 10.4. The Kier molecular flexibility index (Phi) is 1.98. The Labute approximate surface area is 96.2 Å². The highest BCUT2D eigenvalue weighted by molar-refractivity contribution is 7.15. The van der Waals surface area contributed by atoms with Crippen LogP contribution in [0.5, 0.6) is 0 Å². The molecule has 3 aromatic rings. The van der Waals surface area contributed by atoms with Crippen molar-refractivity contribution < 1.29 is 0 Å². The number of imidazole rings is 1. The zero-order chi connectivity index (χ0) is 11.0. The lowest BCUT2D eigenvalue weighted by molar-refractivity contribution is 1.18. The number of rotatable bonds is 1. The van der Waals surface area contributed by atoms with E-state index in [1.807, 2.05) is 40.4 Å². The molecule has 0 radical (unpaired) electrons. The van der Waals surface area contributed by atoms with Gasteiger partial charge in [0, 0.05) is 17.1 Å². The highest BCUT2D eigenvalue weighted by Gasteiger charge is 2.07. The molecule has 0 bridgehead atoms. The lowest BCUT2D eigenvalue weighted by atomic mass is 10.1. The van der Waals surface area contributed by atoms with Gasteiger partial charge in [-0.3, -0.25) is 4.40 Å². The molecule has 2 heterocycles. The van der Waals surface area contributed by atoms with Crippen LogP contribution < -0.4 is 0 Å². The number of nitrogens with zero attached hydrogens (tertiary/aromatic N) is 3. The first-order chi connectivity index (χ1) is 7.88. The van der Waals surface area contributed by atoms with E-state index in [4.69, 9.17) is 5.26 Å². The molecule has 0 aliphatic heterocycles. The molecular weight excluding hydrogens is 218 g/mol. The lowest BCUT2D eigenvalue weighted by Gasteiger charge is -1.98. The largest absolute Gasteiger partial charge is 0.290 e. The van der Waals surface area contributed by atoms with Gasteiger partial charge in [-0.05, 0) is 12.1 Å². The molecule has 16 heavy (non-hydrogen) atoms. The first kappa shape index (κ1) is 9.13. The third-order valence-corrected chi connectivity index (χ3v) is 3.21. The van der Waals surface area contributed by atoms with Crippen molar-refractivity contribution in [3.8, 4) is 17.5 Å². The highest BCUT2D eigenvalue weighted by Crippen LogP contribution is 2.23. The maximum absolute atomic E-state index is 8.86. The van der Waals surface area contributed by atoms with E-state index in [9.17, 15) is 0 Å². The average Bonchev–Trinajstić information content (AvgIpc) is 2.90. The van der Waals surface area contributed by atoms with E-state index in [1.54, 1.807) is 17.4 Å². The molecule has 4 heteroatoms. The van der Waals surface area contributed by atoms with Gasteiger partial charge in [-0.15, -0.1) is 11.3 Å². The summed E-state index contributed by atoms with van der Waals surface area (Å²) in [5, 5.41) is 10.9. The second-order valence-corrected chi connectivity index (χ2v) is 4.31. The molecule has 0 saturated heterocycles. The van der Waals surface area contributed by atoms with Crippen molar-refractivity contribution in [1.82, 2.24) is 9.38 Å². The summed E-state index contributed by atoms with van der Waals surface area (Å²) in [5.74, 6) is 0.883. The fraction of sp³-hybridized carbons (Fsp3) is 0. The maximum atomic E-state index is 8.86. The van der Waals surface area contributed by atoms with Crippen molar-refractivity contribution >= 4 is 16.2 Å². The zero-order valence-electron chi connectivity index (χ0n) is 8.29. The quantitative estimate of drug-likeness (QED) is 0.639. The summed E-state index contributed by atoms with van der Waals surface area (Å²) in [4.78, 5) is 5.47. The molecule has 0 amide bonds. The number of thiazole rings is 1. The molecule has 0 atom stereocenters. The van der Waals surface area contributed by atoms with Gasteiger partial charge in [-0.2, -0.15) is 5.26 Å². The van der Waals surface area contributed by atoms with Crippen molar-refractivity contribution in [2.75, 3.05) is 0 Å². The molecule has 3 rings (SSSR count). The topological polar surface area (TPSA) is 41.1 Å². The van der Waals surface area contributed by atoms with E-state index in [0.29, 0.717) is 5.56 Å². The molecule has 1 aromatic carbocycles. The lowest BCUT2D eigenvalue weighted by Crippen LogP contribution is -1.86. The Balaban J connectivity index is 2.23. The molecule has 0 spiro atoms. The highest BCUT2D eigenvalue weighted by atomic mass is 32.1. The van der Waals surface area contributed by atoms with E-state index >= 15 is 0 Å². The van der Waals surface area contributed by atoms with Gasteiger partial charge in [0.15, 0.2) is 0 Å². The minimum Gasteiger partial charge on any atom is -0.290 e. The van der Waals surface area contributed by atoms with E-state index in [0.717, 1.165) is 16.2 Å². The molecule has 0 saturated carbocycles. The van der Waals surface area contributed by atoms with Crippen molar-refractivity contribution in [2.45, 2.75) is 0 Å². The molecule has 0 unspecified atom stereocenters. The van der Waals surface area contributed by atoms with Gasteiger partial charge >= 0.3 is 0 Å². The van der Waals surface area contributed by atoms with Crippen LogP contribution in [0.1, 0.15) is 5.56 Å². The molecule has 0 fully saturated rings. The SMILES string of the molecule is N#Cc1cccc(-c2ncc3sccn23)c1.